The predicted octanol–water partition coefficient (Wildman–Crippen LogP) is 3.40. The number of amides is 1. The van der Waals surface area contributed by atoms with Gasteiger partial charge in [-0.05, 0) is 41.5 Å². The fourth-order valence-electron chi connectivity index (χ4n) is 3.57. The SMILES string of the molecule is Cn1cnc2ccc([C@H]3CN(Cc4cc(F)cc(C(F)(F)F)c4)C(=O)CN3)cc21. The van der Waals surface area contributed by atoms with Gasteiger partial charge in [-0.3, -0.25) is 10.1 Å². The molecule has 2 heterocycles. The average molecular weight is 406 g/mol. The number of rotatable bonds is 3. The molecule has 1 aliphatic rings. The van der Waals surface area contributed by atoms with Crippen molar-refractivity contribution >= 4 is 16.9 Å². The lowest BCUT2D eigenvalue weighted by atomic mass is 10.0. The molecular weight excluding hydrogens is 388 g/mol. The van der Waals surface area contributed by atoms with Gasteiger partial charge in [0.25, 0.3) is 0 Å². The minimum absolute atomic E-state index is 0.0511. The first kappa shape index (κ1) is 19.4. The maximum atomic E-state index is 13.7. The molecule has 5 nitrogen and oxygen atoms in total. The second kappa shape index (κ2) is 7.14. The Hall–Kier alpha value is -2.94. The fraction of sp³-hybridized carbons (Fsp3) is 0.300. The number of nitrogens with zero attached hydrogens (tertiary/aromatic N) is 3. The van der Waals surface area contributed by atoms with Crippen molar-refractivity contribution in [3.05, 3.63) is 65.2 Å². The van der Waals surface area contributed by atoms with Crippen molar-refractivity contribution in [3.8, 4) is 0 Å². The van der Waals surface area contributed by atoms with Crippen molar-refractivity contribution in [2.45, 2.75) is 18.8 Å². The minimum Gasteiger partial charge on any atom is -0.335 e. The number of piperazine rings is 1. The smallest absolute Gasteiger partial charge is 0.335 e. The van der Waals surface area contributed by atoms with Crippen molar-refractivity contribution in [2.75, 3.05) is 13.1 Å². The van der Waals surface area contributed by atoms with Crippen molar-refractivity contribution < 1.29 is 22.4 Å². The van der Waals surface area contributed by atoms with Gasteiger partial charge in [0.15, 0.2) is 0 Å². The Morgan fingerprint density at radius 3 is 2.76 bits per heavy atom. The number of nitrogens with one attached hydrogen (secondary N) is 1. The highest BCUT2D eigenvalue weighted by Crippen LogP contribution is 2.31. The Bertz CT molecular complexity index is 1080. The monoisotopic (exact) mass is 406 g/mol. The molecule has 1 aromatic heterocycles. The molecule has 0 saturated carbocycles. The van der Waals surface area contributed by atoms with Crippen LogP contribution in [0, 0.1) is 5.82 Å². The highest BCUT2D eigenvalue weighted by Gasteiger charge is 2.32. The van der Waals surface area contributed by atoms with Crippen molar-refractivity contribution in [1.82, 2.24) is 19.8 Å². The largest absolute Gasteiger partial charge is 0.416 e. The summed E-state index contributed by atoms with van der Waals surface area (Å²) >= 11 is 0. The molecule has 1 amide bonds. The topological polar surface area (TPSA) is 50.2 Å². The van der Waals surface area contributed by atoms with Crippen LogP contribution in [0.25, 0.3) is 11.0 Å². The van der Waals surface area contributed by atoms with Gasteiger partial charge in [-0.25, -0.2) is 9.37 Å². The molecule has 0 spiro atoms. The molecule has 1 atom stereocenters. The Labute approximate surface area is 163 Å². The molecule has 0 radical (unpaired) electrons. The van der Waals surface area contributed by atoms with E-state index in [1.807, 2.05) is 29.8 Å². The number of benzene rings is 2. The number of fused-ring (bicyclic) bond motifs is 1. The second-order valence-corrected chi connectivity index (χ2v) is 7.16. The van der Waals surface area contributed by atoms with E-state index in [1.54, 1.807) is 6.33 Å². The number of aromatic nitrogens is 2. The molecule has 1 aliphatic heterocycles. The summed E-state index contributed by atoms with van der Waals surface area (Å²) < 4.78 is 54.4. The van der Waals surface area contributed by atoms with Crippen LogP contribution in [0.2, 0.25) is 0 Å². The lowest BCUT2D eigenvalue weighted by molar-refractivity contribution is -0.137. The van der Waals surface area contributed by atoms with Gasteiger partial charge in [0.1, 0.15) is 5.82 Å². The molecule has 3 aromatic rings. The summed E-state index contributed by atoms with van der Waals surface area (Å²) in [5, 5.41) is 3.15. The number of hydrogen-bond acceptors (Lipinski definition) is 3. The van der Waals surface area contributed by atoms with E-state index in [2.05, 4.69) is 10.3 Å². The molecule has 1 N–H and O–H groups in total. The molecule has 29 heavy (non-hydrogen) atoms. The Morgan fingerprint density at radius 2 is 2.00 bits per heavy atom. The summed E-state index contributed by atoms with van der Waals surface area (Å²) in [4.78, 5) is 18.0. The molecule has 9 heteroatoms. The lowest BCUT2D eigenvalue weighted by Gasteiger charge is -2.34. The van der Waals surface area contributed by atoms with E-state index in [9.17, 15) is 22.4 Å². The number of carbonyl (C=O) groups is 1. The zero-order chi connectivity index (χ0) is 20.8. The first-order valence-electron chi connectivity index (χ1n) is 8.99. The predicted molar refractivity (Wildman–Crippen MR) is 98.3 cm³/mol. The minimum atomic E-state index is -4.65. The van der Waals surface area contributed by atoms with Crippen LogP contribution in [-0.2, 0) is 24.6 Å². The average Bonchev–Trinajstić information content (AvgIpc) is 3.03. The maximum Gasteiger partial charge on any atom is 0.416 e. The zero-order valence-electron chi connectivity index (χ0n) is 15.5. The van der Waals surface area contributed by atoms with Gasteiger partial charge in [-0.15, -0.1) is 0 Å². The van der Waals surface area contributed by atoms with Gasteiger partial charge in [-0.1, -0.05) is 6.07 Å². The fourth-order valence-corrected chi connectivity index (χ4v) is 3.57. The lowest BCUT2D eigenvalue weighted by Crippen LogP contribution is -2.49. The van der Waals surface area contributed by atoms with Crippen LogP contribution in [0.4, 0.5) is 17.6 Å². The molecule has 1 saturated heterocycles. The Morgan fingerprint density at radius 1 is 1.21 bits per heavy atom. The first-order valence-corrected chi connectivity index (χ1v) is 8.99. The van der Waals surface area contributed by atoms with Gasteiger partial charge in [0.05, 0.1) is 35.5 Å². The molecule has 0 bridgehead atoms. The van der Waals surface area contributed by atoms with Crippen LogP contribution in [-0.4, -0.2) is 33.4 Å². The van der Waals surface area contributed by atoms with Crippen LogP contribution in [0.5, 0.6) is 0 Å². The van der Waals surface area contributed by atoms with Crippen molar-refractivity contribution in [3.63, 3.8) is 0 Å². The summed E-state index contributed by atoms with van der Waals surface area (Å²) in [6.45, 7) is 0.224. The highest BCUT2D eigenvalue weighted by molar-refractivity contribution is 5.80. The van der Waals surface area contributed by atoms with E-state index in [0.29, 0.717) is 6.07 Å². The standard InChI is InChI=1S/C20H18F4N4O/c1-27-11-26-16-3-2-13(6-18(16)27)17-10-28(19(29)8-25-17)9-12-4-14(20(22,23)24)7-15(21)5-12/h2-7,11,17,25H,8-10H2,1H3/t17-/m1/s1. The molecule has 0 unspecified atom stereocenters. The van der Waals surface area contributed by atoms with Crippen LogP contribution in [0.15, 0.2) is 42.7 Å². The number of alkyl halides is 3. The Kier molecular flexibility index (Phi) is 4.77. The highest BCUT2D eigenvalue weighted by atomic mass is 19.4. The zero-order valence-corrected chi connectivity index (χ0v) is 15.5. The third kappa shape index (κ3) is 3.95. The number of hydrogen-bond donors (Lipinski definition) is 1. The maximum absolute atomic E-state index is 13.7. The summed E-state index contributed by atoms with van der Waals surface area (Å²) in [6, 6.07) is 7.94. The van der Waals surface area contributed by atoms with Gasteiger partial charge >= 0.3 is 6.18 Å². The first-order chi connectivity index (χ1) is 13.7. The summed E-state index contributed by atoms with van der Waals surface area (Å²) in [6.07, 6.45) is -2.94. The van der Waals surface area contributed by atoms with E-state index in [0.717, 1.165) is 28.7 Å². The molecule has 1 fully saturated rings. The van der Waals surface area contributed by atoms with E-state index in [-0.39, 0.29) is 37.1 Å². The molecule has 4 rings (SSSR count). The molecule has 152 valence electrons. The van der Waals surface area contributed by atoms with Crippen molar-refractivity contribution in [1.29, 1.82) is 0 Å². The number of imidazole rings is 1. The summed E-state index contributed by atoms with van der Waals surface area (Å²) in [7, 11) is 1.88. The number of halogens is 4. The quantitative estimate of drug-likeness (QED) is 0.679. The van der Waals surface area contributed by atoms with Crippen LogP contribution < -0.4 is 5.32 Å². The third-order valence-corrected chi connectivity index (χ3v) is 5.07. The van der Waals surface area contributed by atoms with E-state index in [4.69, 9.17) is 0 Å². The Balaban J connectivity index is 1.57. The van der Waals surface area contributed by atoms with E-state index in [1.165, 1.54) is 4.90 Å². The van der Waals surface area contributed by atoms with Crippen molar-refractivity contribution in [2.24, 2.45) is 7.05 Å². The second-order valence-electron chi connectivity index (χ2n) is 7.16. The van der Waals surface area contributed by atoms with Crippen LogP contribution in [0.3, 0.4) is 0 Å². The van der Waals surface area contributed by atoms with E-state index >= 15 is 0 Å². The molecule has 0 aliphatic carbocycles. The van der Waals surface area contributed by atoms with Gasteiger partial charge in [-0.2, -0.15) is 13.2 Å². The summed E-state index contributed by atoms with van der Waals surface area (Å²) in [5.41, 5.74) is 1.77. The van der Waals surface area contributed by atoms with Crippen LogP contribution >= 0.6 is 0 Å². The summed E-state index contributed by atoms with van der Waals surface area (Å²) in [5.74, 6) is -1.23. The van der Waals surface area contributed by atoms with Gasteiger partial charge in [0, 0.05) is 20.1 Å². The molecule has 2 aromatic carbocycles. The number of aryl methyl sites for hydroxylation is 1. The third-order valence-electron chi connectivity index (χ3n) is 5.07. The van der Waals surface area contributed by atoms with E-state index < -0.39 is 17.6 Å². The van der Waals surface area contributed by atoms with Gasteiger partial charge < -0.3 is 9.47 Å². The molecular formula is C20H18F4N4O. The van der Waals surface area contributed by atoms with Crippen LogP contribution in [0.1, 0.15) is 22.7 Å². The van der Waals surface area contributed by atoms with Gasteiger partial charge in [0.2, 0.25) is 5.91 Å². The number of carbonyl (C=O) groups excluding carboxylic acids is 1. The normalized spacial score (nSPS) is 17.9.